The largest absolute Gasteiger partial charge is 0.484 e. The normalized spacial score (nSPS) is 18.3. The molecule has 8 heteroatoms. The van der Waals surface area contributed by atoms with Gasteiger partial charge in [-0.2, -0.15) is 13.2 Å². The van der Waals surface area contributed by atoms with Gasteiger partial charge < -0.3 is 15.4 Å². The minimum absolute atomic E-state index is 0.0335. The van der Waals surface area contributed by atoms with Gasteiger partial charge in [-0.1, -0.05) is 6.07 Å². The average molecular weight is 316 g/mol. The second-order valence-electron chi connectivity index (χ2n) is 5.04. The van der Waals surface area contributed by atoms with Crippen LogP contribution in [0, 0.1) is 5.92 Å². The Bertz CT molecular complexity index is 575. The SMILES string of the molecule is NC(=O)[C@@H]1CCN(C(=O)COc2cccc(C(F)(F)F)c2)C1. The second-order valence-corrected chi connectivity index (χ2v) is 5.04. The smallest absolute Gasteiger partial charge is 0.416 e. The molecule has 0 spiro atoms. The Morgan fingerprint density at radius 2 is 2.09 bits per heavy atom. The van der Waals surface area contributed by atoms with Crippen LogP contribution in [0.5, 0.6) is 5.75 Å². The highest BCUT2D eigenvalue weighted by atomic mass is 19.4. The fourth-order valence-electron chi connectivity index (χ4n) is 2.22. The Labute approximate surface area is 124 Å². The molecule has 5 nitrogen and oxygen atoms in total. The van der Waals surface area contributed by atoms with Gasteiger partial charge in [-0.3, -0.25) is 9.59 Å². The molecule has 0 bridgehead atoms. The van der Waals surface area contributed by atoms with Gasteiger partial charge in [0.05, 0.1) is 11.5 Å². The molecule has 1 aromatic rings. The van der Waals surface area contributed by atoms with Gasteiger partial charge in [-0.25, -0.2) is 0 Å². The van der Waals surface area contributed by atoms with Crippen LogP contribution in [-0.4, -0.2) is 36.4 Å². The lowest BCUT2D eigenvalue weighted by molar-refractivity contribution is -0.137. The van der Waals surface area contributed by atoms with Crippen molar-refractivity contribution < 1.29 is 27.5 Å². The Morgan fingerprint density at radius 1 is 1.36 bits per heavy atom. The van der Waals surface area contributed by atoms with Gasteiger partial charge >= 0.3 is 6.18 Å². The van der Waals surface area contributed by atoms with E-state index >= 15 is 0 Å². The summed E-state index contributed by atoms with van der Waals surface area (Å²) < 4.78 is 42.8. The molecule has 120 valence electrons. The van der Waals surface area contributed by atoms with E-state index in [-0.39, 0.29) is 30.7 Å². The van der Waals surface area contributed by atoms with Crippen LogP contribution in [0.4, 0.5) is 13.2 Å². The first-order valence-electron chi connectivity index (χ1n) is 6.64. The molecule has 1 saturated heterocycles. The van der Waals surface area contributed by atoms with Gasteiger partial charge in [0.2, 0.25) is 5.91 Å². The minimum Gasteiger partial charge on any atom is -0.484 e. The number of amides is 2. The number of ether oxygens (including phenoxy) is 1. The van der Waals surface area contributed by atoms with Crippen LogP contribution < -0.4 is 10.5 Å². The van der Waals surface area contributed by atoms with Gasteiger partial charge in [0.25, 0.3) is 5.91 Å². The van der Waals surface area contributed by atoms with Gasteiger partial charge in [0.1, 0.15) is 5.75 Å². The molecule has 2 rings (SSSR count). The number of halogens is 3. The molecule has 1 aliphatic heterocycles. The highest BCUT2D eigenvalue weighted by molar-refractivity contribution is 5.81. The molecule has 2 amide bonds. The third kappa shape index (κ3) is 3.90. The summed E-state index contributed by atoms with van der Waals surface area (Å²) in [5.74, 6) is -1.26. The van der Waals surface area contributed by atoms with Crippen LogP contribution in [0.1, 0.15) is 12.0 Å². The molecule has 0 aliphatic carbocycles. The molecule has 0 radical (unpaired) electrons. The number of carbonyl (C=O) groups excluding carboxylic acids is 2. The van der Waals surface area contributed by atoms with Crippen molar-refractivity contribution in [3.8, 4) is 5.75 Å². The van der Waals surface area contributed by atoms with E-state index in [1.807, 2.05) is 0 Å². The van der Waals surface area contributed by atoms with Crippen molar-refractivity contribution >= 4 is 11.8 Å². The summed E-state index contributed by atoms with van der Waals surface area (Å²) in [5, 5.41) is 0. The number of hydrogen-bond acceptors (Lipinski definition) is 3. The third-order valence-electron chi connectivity index (χ3n) is 3.47. The number of nitrogens with two attached hydrogens (primary N) is 1. The van der Waals surface area contributed by atoms with Crippen LogP contribution in [0.25, 0.3) is 0 Å². The Hall–Kier alpha value is -2.25. The van der Waals surface area contributed by atoms with E-state index in [0.29, 0.717) is 13.0 Å². The summed E-state index contributed by atoms with van der Waals surface area (Å²) in [4.78, 5) is 24.3. The lowest BCUT2D eigenvalue weighted by Gasteiger charge is -2.16. The number of benzene rings is 1. The van der Waals surface area contributed by atoms with Crippen molar-refractivity contribution in [3.63, 3.8) is 0 Å². The highest BCUT2D eigenvalue weighted by Crippen LogP contribution is 2.31. The number of likely N-dealkylation sites (tertiary alicyclic amines) is 1. The monoisotopic (exact) mass is 316 g/mol. The first-order valence-corrected chi connectivity index (χ1v) is 6.64. The summed E-state index contributed by atoms with van der Waals surface area (Å²) in [6.07, 6.45) is -3.97. The molecule has 22 heavy (non-hydrogen) atoms. The van der Waals surface area contributed by atoms with Crippen LogP contribution in [0.3, 0.4) is 0 Å². The highest BCUT2D eigenvalue weighted by Gasteiger charge is 2.31. The van der Waals surface area contributed by atoms with Gasteiger partial charge in [-0.05, 0) is 24.6 Å². The third-order valence-corrected chi connectivity index (χ3v) is 3.47. The van der Waals surface area contributed by atoms with Gasteiger partial charge in [0, 0.05) is 13.1 Å². The summed E-state index contributed by atoms with van der Waals surface area (Å²) in [6, 6.07) is 4.32. The molecule has 1 heterocycles. The van der Waals surface area contributed by atoms with Crippen molar-refractivity contribution in [3.05, 3.63) is 29.8 Å². The van der Waals surface area contributed by atoms with E-state index in [4.69, 9.17) is 10.5 Å². The first-order chi connectivity index (χ1) is 10.3. The molecule has 0 aromatic heterocycles. The van der Waals surface area contributed by atoms with Crippen LogP contribution in [0.15, 0.2) is 24.3 Å². The molecule has 0 unspecified atom stereocenters. The Balaban J connectivity index is 1.91. The maximum Gasteiger partial charge on any atom is 0.416 e. The summed E-state index contributed by atoms with van der Waals surface area (Å²) >= 11 is 0. The van der Waals surface area contributed by atoms with Gasteiger partial charge in [-0.15, -0.1) is 0 Å². The molecule has 1 aliphatic rings. The number of nitrogens with zero attached hydrogens (tertiary/aromatic N) is 1. The fourth-order valence-corrected chi connectivity index (χ4v) is 2.22. The van der Waals surface area contributed by atoms with E-state index in [9.17, 15) is 22.8 Å². The predicted octanol–water partition coefficient (Wildman–Crippen LogP) is 1.42. The molecule has 1 fully saturated rings. The summed E-state index contributed by atoms with van der Waals surface area (Å²) in [5.41, 5.74) is 4.33. The summed E-state index contributed by atoms with van der Waals surface area (Å²) in [7, 11) is 0. The second kappa shape index (κ2) is 6.25. The first kappa shape index (κ1) is 16.1. The zero-order valence-corrected chi connectivity index (χ0v) is 11.6. The molecule has 2 N–H and O–H groups in total. The van der Waals surface area contributed by atoms with Crippen molar-refractivity contribution in [1.82, 2.24) is 4.90 Å². The Kier molecular flexibility index (Phi) is 4.58. The molecular formula is C14H15F3N2O3. The van der Waals surface area contributed by atoms with E-state index in [1.165, 1.54) is 17.0 Å². The number of hydrogen-bond donors (Lipinski definition) is 1. The molecule has 0 saturated carbocycles. The molecule has 1 atom stereocenters. The van der Waals surface area contributed by atoms with Crippen molar-refractivity contribution in [2.75, 3.05) is 19.7 Å². The maximum atomic E-state index is 12.6. The fraction of sp³-hybridized carbons (Fsp3) is 0.429. The number of carbonyl (C=O) groups is 2. The standard InChI is InChI=1S/C14H15F3N2O3/c15-14(16,17)10-2-1-3-11(6-10)22-8-12(20)19-5-4-9(7-19)13(18)21/h1-3,6,9H,4-5,7-8H2,(H2,18,21)/t9-/m1/s1. The van der Waals surface area contributed by atoms with E-state index < -0.39 is 17.6 Å². The quantitative estimate of drug-likeness (QED) is 0.913. The van der Waals surface area contributed by atoms with Crippen LogP contribution in [0.2, 0.25) is 0 Å². The number of alkyl halides is 3. The zero-order chi connectivity index (χ0) is 16.3. The molecule has 1 aromatic carbocycles. The Morgan fingerprint density at radius 3 is 2.68 bits per heavy atom. The predicted molar refractivity (Wildman–Crippen MR) is 70.8 cm³/mol. The van der Waals surface area contributed by atoms with E-state index in [2.05, 4.69) is 0 Å². The zero-order valence-electron chi connectivity index (χ0n) is 11.6. The van der Waals surface area contributed by atoms with Crippen molar-refractivity contribution in [2.45, 2.75) is 12.6 Å². The van der Waals surface area contributed by atoms with Crippen LogP contribution >= 0.6 is 0 Å². The minimum atomic E-state index is -4.47. The van der Waals surface area contributed by atoms with Crippen LogP contribution in [-0.2, 0) is 15.8 Å². The van der Waals surface area contributed by atoms with Crippen molar-refractivity contribution in [2.24, 2.45) is 11.7 Å². The van der Waals surface area contributed by atoms with E-state index in [0.717, 1.165) is 12.1 Å². The maximum absolute atomic E-state index is 12.6. The van der Waals surface area contributed by atoms with E-state index in [1.54, 1.807) is 0 Å². The summed E-state index contributed by atoms with van der Waals surface area (Å²) in [6.45, 7) is 0.227. The molecular weight excluding hydrogens is 301 g/mol. The number of rotatable bonds is 4. The lowest BCUT2D eigenvalue weighted by atomic mass is 10.1. The number of primary amides is 1. The lowest BCUT2D eigenvalue weighted by Crippen LogP contribution is -2.34. The average Bonchev–Trinajstić information content (AvgIpc) is 2.94. The van der Waals surface area contributed by atoms with Crippen molar-refractivity contribution in [1.29, 1.82) is 0 Å². The van der Waals surface area contributed by atoms with Gasteiger partial charge in [0.15, 0.2) is 6.61 Å². The topological polar surface area (TPSA) is 72.6 Å².